The van der Waals surface area contributed by atoms with Crippen LogP contribution in [0.1, 0.15) is 17.3 Å². The number of nitrogens with zero attached hydrogens (tertiary/aromatic N) is 1. The zero-order valence-corrected chi connectivity index (χ0v) is 9.52. The number of hydrogen-bond donors (Lipinski definition) is 2. The van der Waals surface area contributed by atoms with E-state index in [1.165, 1.54) is 0 Å². The van der Waals surface area contributed by atoms with Crippen LogP contribution < -0.4 is 5.32 Å². The van der Waals surface area contributed by atoms with E-state index >= 15 is 0 Å². The van der Waals surface area contributed by atoms with Crippen molar-refractivity contribution >= 4 is 17.6 Å². The summed E-state index contributed by atoms with van der Waals surface area (Å²) in [6.45, 7) is 1.12. The van der Waals surface area contributed by atoms with Crippen molar-refractivity contribution in [2.75, 3.05) is 0 Å². The summed E-state index contributed by atoms with van der Waals surface area (Å²) in [5, 5.41) is 20.8. The molecule has 9 heteroatoms. The number of carboxylic acids is 1. The normalized spacial score (nSPS) is 11.7. The molecule has 19 heavy (non-hydrogen) atoms. The molecule has 1 aromatic rings. The van der Waals surface area contributed by atoms with E-state index < -0.39 is 45.7 Å². The van der Waals surface area contributed by atoms with Crippen molar-refractivity contribution in [1.82, 2.24) is 5.32 Å². The molecule has 0 radical (unpaired) electrons. The number of carbonyl (C=O) groups excluding carboxylic acids is 1. The smallest absolute Gasteiger partial charge is 0.325 e. The van der Waals surface area contributed by atoms with Gasteiger partial charge in [-0.05, 0) is 13.0 Å². The largest absolute Gasteiger partial charge is 0.480 e. The minimum absolute atomic E-state index is 0.260. The van der Waals surface area contributed by atoms with E-state index in [2.05, 4.69) is 0 Å². The van der Waals surface area contributed by atoms with Gasteiger partial charge >= 0.3 is 11.7 Å². The highest BCUT2D eigenvalue weighted by Crippen LogP contribution is 2.21. The van der Waals surface area contributed by atoms with Gasteiger partial charge in [0.05, 0.1) is 16.6 Å². The average molecular weight is 274 g/mol. The monoisotopic (exact) mass is 274 g/mol. The summed E-state index contributed by atoms with van der Waals surface area (Å²) < 4.78 is 26.6. The lowest BCUT2D eigenvalue weighted by molar-refractivity contribution is -0.387. The molecule has 0 bridgehead atoms. The Morgan fingerprint density at radius 2 is 1.95 bits per heavy atom. The fourth-order valence-corrected chi connectivity index (χ4v) is 1.19. The Labute approximate surface area is 105 Å². The van der Waals surface area contributed by atoms with Crippen LogP contribution in [0.3, 0.4) is 0 Å². The number of nitro groups is 1. The van der Waals surface area contributed by atoms with Gasteiger partial charge in [0.1, 0.15) is 11.9 Å². The minimum Gasteiger partial charge on any atom is -0.480 e. The van der Waals surface area contributed by atoms with E-state index in [0.717, 1.165) is 6.92 Å². The van der Waals surface area contributed by atoms with E-state index in [1.54, 1.807) is 0 Å². The Morgan fingerprint density at radius 3 is 2.42 bits per heavy atom. The van der Waals surface area contributed by atoms with Crippen molar-refractivity contribution in [3.63, 3.8) is 0 Å². The van der Waals surface area contributed by atoms with Crippen LogP contribution in [0.15, 0.2) is 12.1 Å². The van der Waals surface area contributed by atoms with E-state index in [4.69, 9.17) is 5.11 Å². The highest BCUT2D eigenvalue weighted by atomic mass is 19.1. The summed E-state index contributed by atoms with van der Waals surface area (Å²) >= 11 is 0. The first-order valence-corrected chi connectivity index (χ1v) is 4.91. The Hall–Kier alpha value is -2.58. The molecule has 0 saturated carbocycles. The second-order valence-corrected chi connectivity index (χ2v) is 3.57. The quantitative estimate of drug-likeness (QED) is 0.630. The van der Waals surface area contributed by atoms with Crippen LogP contribution in [0, 0.1) is 21.7 Å². The molecule has 2 N–H and O–H groups in total. The molecule has 0 aromatic heterocycles. The molecule has 0 aliphatic rings. The van der Waals surface area contributed by atoms with Gasteiger partial charge in [0.25, 0.3) is 5.91 Å². The summed E-state index contributed by atoms with van der Waals surface area (Å²) in [6.07, 6.45) is 0. The van der Waals surface area contributed by atoms with Gasteiger partial charge < -0.3 is 10.4 Å². The highest BCUT2D eigenvalue weighted by molar-refractivity contribution is 5.96. The van der Waals surface area contributed by atoms with Crippen LogP contribution in [0.2, 0.25) is 0 Å². The number of hydrogen-bond acceptors (Lipinski definition) is 4. The van der Waals surface area contributed by atoms with E-state index in [0.29, 0.717) is 6.07 Å². The minimum atomic E-state index is -1.39. The van der Waals surface area contributed by atoms with E-state index in [1.807, 2.05) is 5.32 Å². The Balaban J connectivity index is 3.08. The van der Waals surface area contributed by atoms with Gasteiger partial charge in [0.2, 0.25) is 5.82 Å². The molecule has 1 aromatic carbocycles. The first-order chi connectivity index (χ1) is 8.73. The van der Waals surface area contributed by atoms with Crippen molar-refractivity contribution in [2.24, 2.45) is 0 Å². The van der Waals surface area contributed by atoms with Gasteiger partial charge in [-0.2, -0.15) is 4.39 Å². The summed E-state index contributed by atoms with van der Waals surface area (Å²) in [5.74, 6) is -5.25. The fourth-order valence-electron chi connectivity index (χ4n) is 1.19. The zero-order valence-electron chi connectivity index (χ0n) is 9.52. The predicted octanol–water partition coefficient (Wildman–Crippen LogP) is 1.08. The summed E-state index contributed by atoms with van der Waals surface area (Å²) in [4.78, 5) is 31.2. The number of nitrogens with one attached hydrogen (secondary N) is 1. The van der Waals surface area contributed by atoms with Crippen molar-refractivity contribution in [3.05, 3.63) is 39.4 Å². The third-order valence-corrected chi connectivity index (χ3v) is 2.20. The number of aliphatic carboxylic acids is 1. The van der Waals surface area contributed by atoms with Gasteiger partial charge in [-0.3, -0.25) is 19.7 Å². The van der Waals surface area contributed by atoms with Crippen molar-refractivity contribution in [3.8, 4) is 0 Å². The lowest BCUT2D eigenvalue weighted by Gasteiger charge is -2.09. The molecule has 0 saturated heterocycles. The number of amides is 1. The third-order valence-electron chi connectivity index (χ3n) is 2.20. The molecule has 1 atom stereocenters. The van der Waals surface area contributed by atoms with Crippen molar-refractivity contribution in [1.29, 1.82) is 0 Å². The number of carbonyl (C=O) groups is 2. The molecule has 0 spiro atoms. The zero-order chi connectivity index (χ0) is 14.7. The average Bonchev–Trinajstić information content (AvgIpc) is 2.30. The van der Waals surface area contributed by atoms with Gasteiger partial charge in [0, 0.05) is 0 Å². The second-order valence-electron chi connectivity index (χ2n) is 3.57. The van der Waals surface area contributed by atoms with Crippen LogP contribution in [-0.4, -0.2) is 27.9 Å². The van der Waals surface area contributed by atoms with Gasteiger partial charge in [-0.1, -0.05) is 0 Å². The molecule has 7 nitrogen and oxygen atoms in total. The number of carboxylic acid groups (broad SMARTS) is 1. The van der Waals surface area contributed by atoms with E-state index in [9.17, 15) is 28.5 Å². The Kier molecular flexibility index (Phi) is 4.10. The first-order valence-electron chi connectivity index (χ1n) is 4.91. The fraction of sp³-hybridized carbons (Fsp3) is 0.200. The predicted molar refractivity (Wildman–Crippen MR) is 57.6 cm³/mol. The summed E-state index contributed by atoms with van der Waals surface area (Å²) in [5.41, 5.74) is -1.92. The number of benzene rings is 1. The van der Waals surface area contributed by atoms with Crippen LogP contribution in [0.5, 0.6) is 0 Å². The molecule has 0 fully saturated rings. The van der Waals surface area contributed by atoms with Crippen LogP contribution >= 0.6 is 0 Å². The lowest BCUT2D eigenvalue weighted by Crippen LogP contribution is -2.38. The maximum Gasteiger partial charge on any atom is 0.325 e. The molecule has 0 aliphatic carbocycles. The molecular formula is C10H8F2N2O5. The second kappa shape index (κ2) is 5.38. The van der Waals surface area contributed by atoms with Crippen molar-refractivity contribution < 1.29 is 28.4 Å². The van der Waals surface area contributed by atoms with Crippen LogP contribution in [-0.2, 0) is 4.79 Å². The van der Waals surface area contributed by atoms with Crippen LogP contribution in [0.25, 0.3) is 0 Å². The molecule has 102 valence electrons. The molecule has 0 heterocycles. The van der Waals surface area contributed by atoms with Gasteiger partial charge in [0.15, 0.2) is 0 Å². The lowest BCUT2D eigenvalue weighted by atomic mass is 10.1. The summed E-state index contributed by atoms with van der Waals surface area (Å²) in [6, 6.07) is -0.710. The third kappa shape index (κ3) is 3.21. The van der Waals surface area contributed by atoms with Crippen molar-refractivity contribution in [2.45, 2.75) is 13.0 Å². The first kappa shape index (κ1) is 14.5. The SMILES string of the molecule is C[C@H](NC(=O)c1cc(F)c([N+](=O)[O-])cc1F)C(=O)O. The highest BCUT2D eigenvalue weighted by Gasteiger charge is 2.23. The summed E-state index contributed by atoms with van der Waals surface area (Å²) in [7, 11) is 0. The Bertz CT molecular complexity index is 561. The maximum absolute atomic E-state index is 13.4. The molecular weight excluding hydrogens is 266 g/mol. The number of halogens is 2. The Morgan fingerprint density at radius 1 is 1.37 bits per heavy atom. The molecule has 0 aliphatic heterocycles. The molecule has 0 unspecified atom stereocenters. The standard InChI is InChI=1S/C10H8F2N2O5/c1-4(10(16)17)13-9(15)5-2-7(12)8(14(18)19)3-6(5)11/h2-4H,1H3,(H,13,15)(H,16,17)/t4-/m0/s1. The van der Waals surface area contributed by atoms with Gasteiger partial charge in [-0.15, -0.1) is 0 Å². The maximum atomic E-state index is 13.4. The topological polar surface area (TPSA) is 110 Å². The van der Waals surface area contributed by atoms with Crippen LogP contribution in [0.4, 0.5) is 14.5 Å². The van der Waals surface area contributed by atoms with Gasteiger partial charge in [-0.25, -0.2) is 4.39 Å². The molecule has 1 rings (SSSR count). The van der Waals surface area contributed by atoms with E-state index in [-0.39, 0.29) is 6.07 Å². The molecule has 1 amide bonds. The number of rotatable bonds is 4. The number of nitro benzene ring substituents is 1.